The summed E-state index contributed by atoms with van der Waals surface area (Å²) in [5, 5.41) is 0. The van der Waals surface area contributed by atoms with Crippen LogP contribution in [0.2, 0.25) is 0 Å². The molecule has 1 heterocycles. The Morgan fingerprint density at radius 1 is 0.893 bits per heavy atom. The number of hydrogen-bond acceptors (Lipinski definition) is 2. The van der Waals surface area contributed by atoms with E-state index < -0.39 is 0 Å². The highest BCUT2D eigenvalue weighted by atomic mass is 16.5. The largest absolute Gasteiger partial charge is 0.368 e. The molecule has 0 saturated carbocycles. The summed E-state index contributed by atoms with van der Waals surface area (Å²) in [4.78, 5) is 15.8. The van der Waals surface area contributed by atoms with Crippen molar-refractivity contribution in [2.45, 2.75) is 20.0 Å². The molecule has 3 rings (SSSR count). The molecular weight excluding hydrogens is 348 g/mol. The van der Waals surface area contributed by atoms with Gasteiger partial charge >= 0.3 is 0 Å². The molecule has 0 amide bonds. The zero-order valence-corrected chi connectivity index (χ0v) is 17.2. The van der Waals surface area contributed by atoms with Crippen LogP contribution in [0.25, 0.3) is 0 Å². The summed E-state index contributed by atoms with van der Waals surface area (Å²) in [6.45, 7) is 11.3. The van der Waals surface area contributed by atoms with Crippen LogP contribution in [0.3, 0.4) is 0 Å². The highest BCUT2D eigenvalue weighted by Gasteiger charge is 2.29. The zero-order valence-electron chi connectivity index (χ0n) is 17.2. The lowest BCUT2D eigenvalue weighted by Crippen LogP contribution is -3.28. The predicted molar refractivity (Wildman–Crippen MR) is 112 cm³/mol. The van der Waals surface area contributed by atoms with Gasteiger partial charge in [-0.1, -0.05) is 60.7 Å². The average molecular weight is 383 g/mol. The highest BCUT2D eigenvalue weighted by molar-refractivity contribution is 5.97. The van der Waals surface area contributed by atoms with Crippen molar-refractivity contribution in [3.8, 4) is 0 Å². The first kappa shape index (κ1) is 20.7. The number of ether oxygens (including phenoxy) is 1. The molecule has 4 nitrogen and oxygen atoms in total. The molecule has 0 bridgehead atoms. The molecule has 28 heavy (non-hydrogen) atoms. The van der Waals surface area contributed by atoms with Gasteiger partial charge in [-0.15, -0.1) is 0 Å². The van der Waals surface area contributed by atoms with Gasteiger partial charge in [0.2, 0.25) is 0 Å². The Bertz CT molecular complexity index is 712. The third kappa shape index (κ3) is 5.74. The van der Waals surface area contributed by atoms with E-state index in [0.717, 1.165) is 51.4 Å². The van der Waals surface area contributed by atoms with Gasteiger partial charge in [0.25, 0.3) is 0 Å². The number of hydrogen-bond donors (Lipinski definition) is 2. The van der Waals surface area contributed by atoms with E-state index in [4.69, 9.17) is 4.74 Å². The van der Waals surface area contributed by atoms with E-state index >= 15 is 0 Å². The summed E-state index contributed by atoms with van der Waals surface area (Å²) in [5.74, 6) is 0.336. The van der Waals surface area contributed by atoms with Gasteiger partial charge in [0.1, 0.15) is 38.8 Å². The van der Waals surface area contributed by atoms with E-state index in [0.29, 0.717) is 0 Å². The molecule has 150 valence electrons. The number of carbonyl (C=O) groups excluding carboxylic acids is 1. The number of carbonyl (C=O) groups is 1. The lowest BCUT2D eigenvalue weighted by molar-refractivity contribution is -1.01. The minimum absolute atomic E-state index is 0.0689. The van der Waals surface area contributed by atoms with Crippen molar-refractivity contribution >= 4 is 5.78 Å². The Kier molecular flexibility index (Phi) is 7.78. The van der Waals surface area contributed by atoms with Crippen LogP contribution in [0, 0.1) is 5.92 Å². The summed E-state index contributed by atoms with van der Waals surface area (Å²) in [5.41, 5.74) is 2.11. The van der Waals surface area contributed by atoms with Crippen LogP contribution in [-0.2, 0) is 4.74 Å². The predicted octanol–water partition coefficient (Wildman–Crippen LogP) is 1.07. The summed E-state index contributed by atoms with van der Waals surface area (Å²) < 4.78 is 6.03. The fourth-order valence-electron chi connectivity index (χ4n) is 4.18. The Morgan fingerprint density at radius 3 is 2.00 bits per heavy atom. The van der Waals surface area contributed by atoms with Crippen molar-refractivity contribution in [2.24, 2.45) is 5.92 Å². The van der Waals surface area contributed by atoms with Crippen LogP contribution in [-0.4, -0.2) is 51.7 Å². The molecule has 1 aliphatic heterocycles. The van der Waals surface area contributed by atoms with Gasteiger partial charge in [-0.05, 0) is 19.4 Å². The molecule has 2 atom stereocenters. The maximum atomic E-state index is 12.6. The number of rotatable bonds is 9. The van der Waals surface area contributed by atoms with Gasteiger partial charge in [0.15, 0.2) is 5.78 Å². The minimum Gasteiger partial charge on any atom is -0.368 e. The van der Waals surface area contributed by atoms with Gasteiger partial charge in [0, 0.05) is 12.2 Å². The second-order valence-corrected chi connectivity index (χ2v) is 7.89. The van der Waals surface area contributed by atoms with E-state index in [1.807, 2.05) is 30.3 Å². The number of quaternary nitrogens is 2. The molecule has 0 spiro atoms. The highest BCUT2D eigenvalue weighted by Crippen LogP contribution is 2.15. The molecule has 1 saturated heterocycles. The monoisotopic (exact) mass is 382 g/mol. The van der Waals surface area contributed by atoms with E-state index in [1.165, 1.54) is 5.56 Å². The lowest BCUT2D eigenvalue weighted by atomic mass is 9.98. The van der Waals surface area contributed by atoms with Crippen molar-refractivity contribution < 1.29 is 19.3 Å². The molecule has 2 aromatic carbocycles. The van der Waals surface area contributed by atoms with E-state index in [9.17, 15) is 4.79 Å². The maximum absolute atomic E-state index is 12.6. The van der Waals surface area contributed by atoms with Gasteiger partial charge in [-0.25, -0.2) is 0 Å². The van der Waals surface area contributed by atoms with Crippen molar-refractivity contribution in [3.63, 3.8) is 0 Å². The van der Waals surface area contributed by atoms with Gasteiger partial charge in [-0.3, -0.25) is 4.79 Å². The molecule has 1 fully saturated rings. The van der Waals surface area contributed by atoms with Crippen molar-refractivity contribution in [1.29, 1.82) is 0 Å². The molecular formula is C24H34N2O2+2. The lowest BCUT2D eigenvalue weighted by Gasteiger charge is -2.32. The maximum Gasteiger partial charge on any atom is 0.171 e. The summed E-state index contributed by atoms with van der Waals surface area (Å²) in [6.07, 6.45) is 0.168. The second kappa shape index (κ2) is 10.5. The van der Waals surface area contributed by atoms with Crippen molar-refractivity contribution in [1.82, 2.24) is 0 Å². The Balaban J connectivity index is 1.48. The normalized spacial score (nSPS) is 21.8. The van der Waals surface area contributed by atoms with E-state index in [1.54, 1.807) is 9.80 Å². The number of Topliss-reactive ketones (excluding diaryl/α,β-unsaturated/α-hetero) is 1. The Hall–Kier alpha value is -2.01. The standard InChI is InChI=1S/C24H32N2O2/c1-3-28-23(21-10-6-4-7-11-21)19-26-16-14-25(15-17-26)18-20(2)24(27)22-12-8-5-9-13-22/h4-13,20,23H,3,14-19H2,1-2H3/p+2. The van der Waals surface area contributed by atoms with Crippen LogP contribution in [0.1, 0.15) is 35.9 Å². The molecule has 1 aliphatic rings. The topological polar surface area (TPSA) is 35.2 Å². The van der Waals surface area contributed by atoms with Crippen LogP contribution >= 0.6 is 0 Å². The van der Waals surface area contributed by atoms with E-state index in [-0.39, 0.29) is 17.8 Å². The Labute approximate surface area is 169 Å². The van der Waals surface area contributed by atoms with Crippen LogP contribution < -0.4 is 9.80 Å². The van der Waals surface area contributed by atoms with Gasteiger partial charge < -0.3 is 14.5 Å². The first-order valence-electron chi connectivity index (χ1n) is 10.6. The zero-order chi connectivity index (χ0) is 19.8. The third-order valence-electron chi connectivity index (χ3n) is 5.78. The number of nitrogens with one attached hydrogen (secondary N) is 2. The van der Waals surface area contributed by atoms with Gasteiger partial charge in [-0.2, -0.15) is 0 Å². The minimum atomic E-state index is 0.0689. The molecule has 0 aromatic heterocycles. The summed E-state index contributed by atoms with van der Waals surface area (Å²) in [6, 6.07) is 20.2. The Morgan fingerprint density at radius 2 is 1.43 bits per heavy atom. The second-order valence-electron chi connectivity index (χ2n) is 7.89. The van der Waals surface area contributed by atoms with Crippen molar-refractivity contribution in [3.05, 3.63) is 71.8 Å². The number of benzene rings is 2. The van der Waals surface area contributed by atoms with Crippen LogP contribution in [0.4, 0.5) is 0 Å². The van der Waals surface area contributed by atoms with Gasteiger partial charge in [0.05, 0.1) is 12.5 Å². The molecule has 2 N–H and O–H groups in total. The third-order valence-corrected chi connectivity index (χ3v) is 5.78. The smallest absolute Gasteiger partial charge is 0.171 e. The molecule has 2 unspecified atom stereocenters. The average Bonchev–Trinajstić information content (AvgIpc) is 2.75. The summed E-state index contributed by atoms with van der Waals surface area (Å²) >= 11 is 0. The quantitative estimate of drug-likeness (QED) is 0.637. The molecule has 4 heteroatoms. The molecule has 2 aromatic rings. The van der Waals surface area contributed by atoms with Crippen LogP contribution in [0.5, 0.6) is 0 Å². The fraction of sp³-hybridized carbons (Fsp3) is 0.458. The van der Waals surface area contributed by atoms with Crippen molar-refractivity contribution in [2.75, 3.05) is 45.9 Å². The molecule has 0 radical (unpaired) electrons. The number of ketones is 1. The fourth-order valence-corrected chi connectivity index (χ4v) is 4.18. The molecule has 0 aliphatic carbocycles. The van der Waals surface area contributed by atoms with Crippen LogP contribution in [0.15, 0.2) is 60.7 Å². The first-order chi connectivity index (χ1) is 13.7. The summed E-state index contributed by atoms with van der Waals surface area (Å²) in [7, 11) is 0. The first-order valence-corrected chi connectivity index (χ1v) is 10.6. The SMILES string of the molecule is CCOC(C[NH+]1CC[NH+](CC(C)C(=O)c2ccccc2)CC1)c1ccccc1. The van der Waals surface area contributed by atoms with E-state index in [2.05, 4.69) is 44.2 Å². The number of piperazine rings is 1.